The van der Waals surface area contributed by atoms with Gasteiger partial charge in [0.1, 0.15) is 11.3 Å². The van der Waals surface area contributed by atoms with Crippen LogP contribution in [0.4, 0.5) is 0 Å². The summed E-state index contributed by atoms with van der Waals surface area (Å²) in [7, 11) is 0. The minimum atomic E-state index is 0. The van der Waals surface area contributed by atoms with Gasteiger partial charge >= 0.3 is 29.6 Å². The van der Waals surface area contributed by atoms with Crippen LogP contribution in [0.5, 0.6) is 5.75 Å². The van der Waals surface area contributed by atoms with Gasteiger partial charge in [0.2, 0.25) is 0 Å². The Labute approximate surface area is 261 Å². The van der Waals surface area contributed by atoms with Crippen molar-refractivity contribution < 1.29 is 45.6 Å². The van der Waals surface area contributed by atoms with Crippen LogP contribution in [0.25, 0.3) is 11.1 Å². The van der Waals surface area contributed by atoms with Gasteiger partial charge in [0, 0.05) is 18.6 Å². The van der Waals surface area contributed by atoms with E-state index in [2.05, 4.69) is 101 Å². The fourth-order valence-corrected chi connectivity index (χ4v) is 4.22. The summed E-state index contributed by atoms with van der Waals surface area (Å²) < 4.78 is 6.10. The third-order valence-corrected chi connectivity index (χ3v) is 6.91. The molecule has 0 atom stereocenters. The third-order valence-electron chi connectivity index (χ3n) is 6.91. The Hall–Kier alpha value is -1.33. The number of rotatable bonds is 5. The molecule has 0 aliphatic rings. The molecule has 0 spiro atoms. The summed E-state index contributed by atoms with van der Waals surface area (Å²) in [5.41, 5.74) is 7.09. The molecule has 0 saturated heterocycles. The number of hydrogen-bond acceptors (Lipinski definition) is 4. The van der Waals surface area contributed by atoms with Crippen LogP contribution in [0.15, 0.2) is 34.7 Å². The van der Waals surface area contributed by atoms with Crippen LogP contribution in [0.2, 0.25) is 0 Å². The van der Waals surface area contributed by atoms with Crippen molar-refractivity contribution in [3.8, 4) is 5.75 Å². The summed E-state index contributed by atoms with van der Waals surface area (Å²) in [6, 6.07) is 10.4. The molecular formula is C34H54NNaO3. The van der Waals surface area contributed by atoms with Crippen LogP contribution >= 0.6 is 0 Å². The Balaban J connectivity index is 0.000000785. The van der Waals surface area contributed by atoms with Crippen molar-refractivity contribution in [1.82, 2.24) is 4.98 Å². The Morgan fingerprint density at radius 1 is 0.667 bits per heavy atom. The molecule has 0 amide bonds. The van der Waals surface area contributed by atoms with Gasteiger partial charge in [-0.15, -0.1) is 0 Å². The largest absolute Gasteiger partial charge is 1.00 e. The second-order valence-corrected chi connectivity index (χ2v) is 14.8. The quantitative estimate of drug-likeness (QED) is 0.294. The molecule has 5 heteroatoms. The van der Waals surface area contributed by atoms with Gasteiger partial charge in [-0.1, -0.05) is 102 Å². The number of aliphatic hydroxyl groups excluding tert-OH is 1. The number of oxazole rings is 1. The van der Waals surface area contributed by atoms with Crippen LogP contribution < -0.4 is 29.6 Å². The maximum Gasteiger partial charge on any atom is 1.00 e. The van der Waals surface area contributed by atoms with Gasteiger partial charge in [0.15, 0.2) is 11.5 Å². The zero-order valence-corrected chi connectivity index (χ0v) is 29.2. The van der Waals surface area contributed by atoms with E-state index in [1.807, 2.05) is 12.1 Å². The summed E-state index contributed by atoms with van der Waals surface area (Å²) in [6.45, 7) is 26.6. The number of aryl methyl sites for hydroxylation is 1. The average molecular weight is 548 g/mol. The monoisotopic (exact) mass is 547 g/mol. The molecule has 0 unspecified atom stereocenters. The van der Waals surface area contributed by atoms with E-state index in [0.717, 1.165) is 42.7 Å². The first-order chi connectivity index (χ1) is 17.2. The van der Waals surface area contributed by atoms with E-state index >= 15 is 0 Å². The zero-order chi connectivity index (χ0) is 29.1. The second-order valence-electron chi connectivity index (χ2n) is 14.8. The van der Waals surface area contributed by atoms with Crippen LogP contribution in [0.1, 0.15) is 132 Å². The zero-order valence-electron chi connectivity index (χ0n) is 28.2. The smallest absolute Gasteiger partial charge is 1.00 e. The summed E-state index contributed by atoms with van der Waals surface area (Å²) in [4.78, 5) is 4.73. The van der Waals surface area contributed by atoms with Gasteiger partial charge in [-0.25, -0.2) is 4.98 Å². The van der Waals surface area contributed by atoms with Crippen molar-refractivity contribution in [2.45, 2.75) is 130 Å². The summed E-state index contributed by atoms with van der Waals surface area (Å²) in [5.74, 6) is 1.18. The number of nitrogens with zero attached hydrogens (tertiary/aromatic N) is 1. The van der Waals surface area contributed by atoms with Crippen molar-refractivity contribution in [3.63, 3.8) is 0 Å². The van der Waals surface area contributed by atoms with E-state index in [0.29, 0.717) is 5.75 Å². The van der Waals surface area contributed by atoms with Crippen LogP contribution in [0.3, 0.4) is 0 Å². The summed E-state index contributed by atoms with van der Waals surface area (Å²) >= 11 is 0. The van der Waals surface area contributed by atoms with Crippen LogP contribution in [-0.4, -0.2) is 21.8 Å². The molecule has 1 aromatic heterocycles. The van der Waals surface area contributed by atoms with E-state index in [-0.39, 0.29) is 59.3 Å². The maximum absolute atomic E-state index is 9.72. The molecule has 3 aromatic rings. The summed E-state index contributed by atoms with van der Waals surface area (Å²) in [5, 5.41) is 18.6. The molecule has 2 aromatic carbocycles. The number of unbranched alkanes of at least 4 members (excludes halogenated alkanes) is 2. The first-order valence-corrected chi connectivity index (χ1v) is 14.1. The minimum absolute atomic E-state index is 0. The topological polar surface area (TPSA) is 66.5 Å². The van der Waals surface area contributed by atoms with Gasteiger partial charge < -0.3 is 16.1 Å². The van der Waals surface area contributed by atoms with Crippen LogP contribution in [-0.2, 0) is 28.1 Å². The van der Waals surface area contributed by atoms with Crippen molar-refractivity contribution >= 4 is 11.1 Å². The fourth-order valence-electron chi connectivity index (χ4n) is 4.22. The Morgan fingerprint density at radius 2 is 1.15 bits per heavy atom. The number of phenolic OH excluding ortho intramolecular Hbond substituents is 1. The third kappa shape index (κ3) is 10.5. The van der Waals surface area contributed by atoms with Gasteiger partial charge in [0.25, 0.3) is 0 Å². The number of aliphatic hydroxyl groups is 1. The van der Waals surface area contributed by atoms with Gasteiger partial charge in [-0.2, -0.15) is 0 Å². The number of fused-ring (bicyclic) bond motifs is 1. The molecule has 0 aliphatic carbocycles. The van der Waals surface area contributed by atoms with Gasteiger partial charge in [-0.3, -0.25) is 0 Å². The second kappa shape index (κ2) is 13.6. The predicted octanol–water partition coefficient (Wildman–Crippen LogP) is 6.23. The molecular weight excluding hydrogens is 493 g/mol. The van der Waals surface area contributed by atoms with Crippen molar-refractivity contribution in [3.05, 3.63) is 58.5 Å². The Morgan fingerprint density at radius 3 is 1.59 bits per heavy atom. The molecule has 0 fully saturated rings. The standard InChI is InChI=1S/C20H31NO2.C14H22O.Na.H/c1-19(2,3)14-12-15(20(4,5)6)18-16(13-14)21-17(23-18)10-8-7-9-11-22;1-13(2,3)10-7-11(14(4,5)6)9-12(15)8-10;;/h12-13,22H,7-11H2,1-6H3;7-9,15H,1-6H3;;/q;;+1;-1. The van der Waals surface area contributed by atoms with E-state index in [9.17, 15) is 5.11 Å². The molecule has 2 N–H and O–H groups in total. The van der Waals surface area contributed by atoms with Crippen molar-refractivity contribution in [2.24, 2.45) is 0 Å². The van der Waals surface area contributed by atoms with Crippen molar-refractivity contribution in [2.75, 3.05) is 6.61 Å². The number of hydrogen-bond donors (Lipinski definition) is 2. The maximum atomic E-state index is 9.72. The molecule has 1 heterocycles. The minimum Gasteiger partial charge on any atom is -1.00 e. The number of phenols is 1. The normalized spacial score (nSPS) is 12.6. The molecule has 3 rings (SSSR count). The fraction of sp³-hybridized carbons (Fsp3) is 0.618. The van der Waals surface area contributed by atoms with Gasteiger partial charge in [-0.05, 0) is 69.4 Å². The molecule has 0 radical (unpaired) electrons. The van der Waals surface area contributed by atoms with Crippen LogP contribution in [0, 0.1) is 0 Å². The molecule has 4 nitrogen and oxygen atoms in total. The van der Waals surface area contributed by atoms with Gasteiger partial charge in [0.05, 0.1) is 0 Å². The Kier molecular flexibility index (Phi) is 12.4. The molecule has 39 heavy (non-hydrogen) atoms. The number of benzene rings is 2. The van der Waals surface area contributed by atoms with E-state index in [4.69, 9.17) is 14.5 Å². The van der Waals surface area contributed by atoms with Crippen molar-refractivity contribution in [1.29, 1.82) is 0 Å². The molecule has 0 bridgehead atoms. The molecule has 0 saturated carbocycles. The number of aromatic hydroxyl groups is 1. The van der Waals surface area contributed by atoms with E-state index in [1.165, 1.54) is 22.3 Å². The van der Waals surface area contributed by atoms with E-state index < -0.39 is 0 Å². The number of aromatic nitrogens is 1. The predicted molar refractivity (Wildman–Crippen MR) is 163 cm³/mol. The average Bonchev–Trinajstić information content (AvgIpc) is 3.16. The SMILES string of the molecule is CC(C)(C)c1cc(C(C)(C)C)c2oc(CCCCCO)nc2c1.CC(C)(C)c1cc(O)cc(C(C)(C)C)c1.[H-].[Na+]. The summed E-state index contributed by atoms with van der Waals surface area (Å²) in [6.07, 6.45) is 3.70. The molecule has 214 valence electrons. The molecule has 0 aliphatic heterocycles. The Bertz CT molecular complexity index is 1170. The van der Waals surface area contributed by atoms with E-state index in [1.54, 1.807) is 0 Å². The first kappa shape index (κ1) is 35.7. The first-order valence-electron chi connectivity index (χ1n) is 14.1.